The van der Waals surface area contributed by atoms with Gasteiger partial charge in [-0.25, -0.2) is 9.29 Å². The van der Waals surface area contributed by atoms with Gasteiger partial charge in [-0.05, 0) is 44.7 Å². The van der Waals surface area contributed by atoms with E-state index < -0.39 is 23.1 Å². The van der Waals surface area contributed by atoms with Crippen LogP contribution in [0, 0.1) is 5.82 Å². The summed E-state index contributed by atoms with van der Waals surface area (Å²) in [6.07, 6.45) is 0.879. The Kier molecular flexibility index (Phi) is 10.8. The number of aldehydes is 2. The second-order valence-electron chi connectivity index (χ2n) is 10.8. The number of nitrogens with one attached hydrogen (secondary N) is 2. The Balaban J connectivity index is 1.91. The molecule has 1 aliphatic rings. The van der Waals surface area contributed by atoms with E-state index >= 15 is 0 Å². The van der Waals surface area contributed by atoms with Crippen LogP contribution in [-0.4, -0.2) is 91.5 Å². The Hall–Kier alpha value is -3.16. The Bertz CT molecular complexity index is 1240. The molecule has 41 heavy (non-hydrogen) atoms. The highest BCUT2D eigenvalue weighted by molar-refractivity contribution is 6.16. The van der Waals surface area contributed by atoms with Crippen molar-refractivity contribution >= 4 is 32.0 Å². The van der Waals surface area contributed by atoms with Crippen LogP contribution < -0.4 is 10.6 Å². The Morgan fingerprint density at radius 1 is 1.22 bits per heavy atom. The van der Waals surface area contributed by atoms with E-state index in [0.717, 1.165) is 23.6 Å². The van der Waals surface area contributed by atoms with Crippen molar-refractivity contribution in [2.45, 2.75) is 63.3 Å². The maximum Gasteiger partial charge on any atom is 0.267 e. The van der Waals surface area contributed by atoms with Crippen molar-refractivity contribution in [2.75, 3.05) is 32.5 Å². The monoisotopic (exact) mass is 570 g/mol. The van der Waals surface area contributed by atoms with Crippen molar-refractivity contribution in [1.82, 2.24) is 15.1 Å². The number of aliphatic hydroxyl groups is 2. The summed E-state index contributed by atoms with van der Waals surface area (Å²) in [5.74, 6) is -1.24. The molecule has 1 fully saturated rings. The van der Waals surface area contributed by atoms with Gasteiger partial charge in [-0.15, -0.1) is 0 Å². The van der Waals surface area contributed by atoms with E-state index in [1.54, 1.807) is 24.3 Å². The number of hydrogen-bond acceptors (Lipinski definition) is 9. The van der Waals surface area contributed by atoms with Crippen molar-refractivity contribution in [3.8, 4) is 0 Å². The molecule has 4 atom stereocenters. The lowest BCUT2D eigenvalue weighted by atomic mass is 9.77. The molecule has 10 nitrogen and oxygen atoms in total. The first kappa shape index (κ1) is 32.4. The number of anilines is 1. The van der Waals surface area contributed by atoms with Crippen LogP contribution in [0.25, 0.3) is 0 Å². The van der Waals surface area contributed by atoms with Crippen LogP contribution in [0.4, 0.5) is 10.1 Å². The minimum atomic E-state index is -2.28. The summed E-state index contributed by atoms with van der Waals surface area (Å²) in [7, 11) is 3.98. The van der Waals surface area contributed by atoms with Gasteiger partial charge in [-0.3, -0.25) is 14.5 Å². The summed E-state index contributed by atoms with van der Waals surface area (Å²) in [5.41, 5.74) is -2.54. The minimum absolute atomic E-state index is 0.0373. The van der Waals surface area contributed by atoms with Gasteiger partial charge in [0.25, 0.3) is 5.91 Å². The van der Waals surface area contributed by atoms with Crippen molar-refractivity contribution in [3.05, 3.63) is 64.5 Å². The molecule has 0 radical (unpaired) electrons. The number of carbonyl (C=O) groups is 3. The summed E-state index contributed by atoms with van der Waals surface area (Å²) in [6.45, 7) is 6.27. The first-order valence-corrected chi connectivity index (χ1v) is 13.7. The number of hydrogen-bond donors (Lipinski definition) is 4. The average Bonchev–Trinajstić information content (AvgIpc) is 2.94. The van der Waals surface area contributed by atoms with E-state index in [9.17, 15) is 29.0 Å². The summed E-state index contributed by atoms with van der Waals surface area (Å²) in [6, 6.07) is 9.67. The molecule has 1 amide bonds. The second kappa shape index (κ2) is 13.7. The normalized spacial score (nSPS) is 20.6. The molecule has 1 aliphatic heterocycles. The largest absolute Gasteiger partial charge is 0.381 e. The number of ether oxygens (including phenoxy) is 1. The van der Waals surface area contributed by atoms with Crippen LogP contribution in [0.5, 0.6) is 0 Å². The Morgan fingerprint density at radius 2 is 1.90 bits per heavy atom. The number of benzene rings is 2. The zero-order valence-corrected chi connectivity index (χ0v) is 24.3. The number of amides is 1. The predicted molar refractivity (Wildman–Crippen MR) is 155 cm³/mol. The number of carbonyl (C=O) groups excluding carboxylic acids is 3. The SMILES string of the molecule is BC(O)(c1c(C=O)cccc1NCc1cc(CN2CC(C)OC(C)C2)ccc1F)N(C)C(O)(CCC=O)C(=O)NC. The second-order valence-corrected chi connectivity index (χ2v) is 10.8. The lowest BCUT2D eigenvalue weighted by Crippen LogP contribution is -2.64. The molecule has 2 aromatic carbocycles. The van der Waals surface area contributed by atoms with Crippen molar-refractivity contribution in [2.24, 2.45) is 0 Å². The third-order valence-corrected chi connectivity index (χ3v) is 7.59. The third kappa shape index (κ3) is 7.38. The first-order valence-electron chi connectivity index (χ1n) is 13.7. The molecule has 0 bridgehead atoms. The van der Waals surface area contributed by atoms with Crippen LogP contribution in [-0.2, 0) is 33.0 Å². The fraction of sp³-hybridized carbons (Fsp3) is 0.483. The Labute approximate surface area is 241 Å². The summed E-state index contributed by atoms with van der Waals surface area (Å²) in [4.78, 5) is 39.1. The molecule has 12 heteroatoms. The quantitative estimate of drug-likeness (QED) is 0.158. The van der Waals surface area contributed by atoms with Crippen LogP contribution >= 0.6 is 0 Å². The number of nitrogens with zero attached hydrogens (tertiary/aromatic N) is 2. The van der Waals surface area contributed by atoms with Gasteiger partial charge in [0.1, 0.15) is 17.7 Å². The summed E-state index contributed by atoms with van der Waals surface area (Å²) in [5, 5.41) is 28.5. The molecule has 0 aliphatic carbocycles. The van der Waals surface area contributed by atoms with Crippen molar-refractivity contribution in [3.63, 3.8) is 0 Å². The van der Waals surface area contributed by atoms with E-state index in [0.29, 0.717) is 30.4 Å². The summed E-state index contributed by atoms with van der Waals surface area (Å²) >= 11 is 0. The van der Waals surface area contributed by atoms with Gasteiger partial charge in [0.05, 0.1) is 12.2 Å². The minimum Gasteiger partial charge on any atom is -0.381 e. The number of halogens is 1. The molecular weight excluding hydrogens is 530 g/mol. The molecule has 2 aromatic rings. The standard InChI is InChI=1S/C29H40BFN4O6/c1-19-15-35(16-20(2)41-19)17-21-9-10-24(31)23(13-21)14-33-25-8-5-7-22(18-37)26(25)29(30,40)34(4)28(39,11-6-12-36)27(38)32-3/h5,7-10,12-13,18-20,33,39-40H,6,11,14-17,30H2,1-4H3,(H,32,38). The van der Waals surface area contributed by atoms with E-state index in [1.807, 2.05) is 13.8 Å². The van der Waals surface area contributed by atoms with Gasteiger partial charge < -0.3 is 30.4 Å². The lowest BCUT2D eigenvalue weighted by Gasteiger charge is -2.45. The van der Waals surface area contributed by atoms with Crippen LogP contribution in [0.2, 0.25) is 0 Å². The number of rotatable bonds is 13. The Morgan fingerprint density at radius 3 is 2.51 bits per heavy atom. The summed E-state index contributed by atoms with van der Waals surface area (Å²) < 4.78 is 20.7. The smallest absolute Gasteiger partial charge is 0.267 e. The highest BCUT2D eigenvalue weighted by Gasteiger charge is 2.48. The predicted octanol–water partition coefficient (Wildman–Crippen LogP) is 0.941. The van der Waals surface area contributed by atoms with Crippen LogP contribution in [0.15, 0.2) is 36.4 Å². The zero-order valence-electron chi connectivity index (χ0n) is 24.3. The molecule has 0 aromatic heterocycles. The molecular formula is C29H40BFN4O6. The molecule has 0 spiro atoms. The van der Waals surface area contributed by atoms with Gasteiger partial charge in [-0.2, -0.15) is 0 Å². The maximum atomic E-state index is 14.9. The fourth-order valence-electron chi connectivity index (χ4n) is 5.49. The lowest BCUT2D eigenvalue weighted by molar-refractivity contribution is -0.198. The third-order valence-electron chi connectivity index (χ3n) is 7.59. The van der Waals surface area contributed by atoms with Gasteiger partial charge in [-0.1, -0.05) is 18.2 Å². The van der Waals surface area contributed by atoms with E-state index in [1.165, 1.54) is 34.1 Å². The highest BCUT2D eigenvalue weighted by atomic mass is 19.1. The number of morpholine rings is 1. The first-order chi connectivity index (χ1) is 19.4. The van der Waals surface area contributed by atoms with Gasteiger partial charge in [0, 0.05) is 68.4 Å². The molecule has 0 saturated carbocycles. The topological polar surface area (TPSA) is 131 Å². The van der Waals surface area contributed by atoms with E-state index in [4.69, 9.17) is 4.74 Å². The van der Waals surface area contributed by atoms with Gasteiger partial charge >= 0.3 is 0 Å². The van der Waals surface area contributed by atoms with E-state index in [2.05, 4.69) is 15.5 Å². The molecule has 3 rings (SSSR count). The number of likely N-dealkylation sites (N-methyl/N-ethyl adjacent to an activating group) is 2. The van der Waals surface area contributed by atoms with Crippen LogP contribution in [0.1, 0.15) is 53.7 Å². The molecule has 1 heterocycles. The van der Waals surface area contributed by atoms with Crippen LogP contribution in [0.3, 0.4) is 0 Å². The highest BCUT2D eigenvalue weighted by Crippen LogP contribution is 2.36. The molecule has 4 N–H and O–H groups in total. The zero-order chi connectivity index (χ0) is 30.4. The van der Waals surface area contributed by atoms with Crippen molar-refractivity contribution < 1.29 is 33.7 Å². The maximum absolute atomic E-state index is 14.9. The van der Waals surface area contributed by atoms with Gasteiger partial charge in [0.15, 0.2) is 14.1 Å². The fourth-order valence-corrected chi connectivity index (χ4v) is 5.49. The molecule has 1 saturated heterocycles. The van der Waals surface area contributed by atoms with Gasteiger partial charge in [0.2, 0.25) is 5.72 Å². The average molecular weight is 570 g/mol. The molecule has 4 unspecified atom stereocenters. The van der Waals surface area contributed by atoms with E-state index in [-0.39, 0.29) is 42.7 Å². The van der Waals surface area contributed by atoms with Crippen molar-refractivity contribution in [1.29, 1.82) is 0 Å². The molecule has 222 valence electrons.